The number of carbonyl (C=O) groups excluding carboxylic acids is 4. The van der Waals surface area contributed by atoms with Crippen LogP contribution in [0.15, 0.2) is 30.5 Å². The van der Waals surface area contributed by atoms with Crippen molar-refractivity contribution in [2.75, 3.05) is 6.54 Å². The van der Waals surface area contributed by atoms with Gasteiger partial charge in [-0.05, 0) is 58.6 Å². The minimum absolute atomic E-state index is 0.0453. The number of carbonyl (C=O) groups is 5. The van der Waals surface area contributed by atoms with Gasteiger partial charge in [0, 0.05) is 12.3 Å². The van der Waals surface area contributed by atoms with Crippen LogP contribution in [0.3, 0.4) is 0 Å². The molecule has 0 aromatic carbocycles. The molecule has 1 aromatic rings. The zero-order valence-electron chi connectivity index (χ0n) is 25.1. The summed E-state index contributed by atoms with van der Waals surface area (Å²) in [6, 6.07) is 0.420. The number of halogens is 1. The minimum atomic E-state index is -1.49. The molecule has 0 bridgehead atoms. The van der Waals surface area contributed by atoms with Crippen LogP contribution in [0.25, 0.3) is 0 Å². The Morgan fingerprint density at radius 3 is 2.64 bits per heavy atom. The number of pyridine rings is 1. The molecule has 5 atom stereocenters. The van der Waals surface area contributed by atoms with Crippen molar-refractivity contribution in [2.24, 2.45) is 5.92 Å². The quantitative estimate of drug-likeness (QED) is 0.362. The van der Waals surface area contributed by atoms with E-state index in [0.29, 0.717) is 18.5 Å². The smallest absolute Gasteiger partial charge is 0.408 e. The van der Waals surface area contributed by atoms with Crippen molar-refractivity contribution in [2.45, 2.75) is 102 Å². The first-order valence-corrected chi connectivity index (χ1v) is 14.8. The van der Waals surface area contributed by atoms with Crippen LogP contribution in [0, 0.1) is 11.7 Å². The van der Waals surface area contributed by atoms with Gasteiger partial charge < -0.3 is 35.4 Å². The second-order valence-corrected chi connectivity index (χ2v) is 12.4. The molecule has 0 radical (unpaired) electrons. The van der Waals surface area contributed by atoms with Gasteiger partial charge in [-0.1, -0.05) is 25.0 Å². The van der Waals surface area contributed by atoms with E-state index in [2.05, 4.69) is 20.9 Å². The van der Waals surface area contributed by atoms with Crippen LogP contribution < -0.4 is 16.0 Å². The number of rotatable bonds is 5. The summed E-state index contributed by atoms with van der Waals surface area (Å²) >= 11 is 0. The molecule has 1 saturated carbocycles. The number of hydrogen-bond acceptors (Lipinski definition) is 8. The molecule has 3 heterocycles. The summed E-state index contributed by atoms with van der Waals surface area (Å²) in [7, 11) is 0. The Labute approximate surface area is 254 Å². The number of fused-ring (bicyclic) bond motifs is 2. The molecule has 4 N–H and O–H groups in total. The van der Waals surface area contributed by atoms with E-state index in [1.165, 1.54) is 17.0 Å². The standard InChI is InChI=1S/C30H40FN5O8/c1-29(2,3)44-28(42)34-22-10-8-6-4-5-7-9-18-14-30(18,26(39)40)35-24(37)23-13-21(17-36(23)25(22)38)43-27(41)33-16-20-12-11-19(31)15-32-20/h7,9,11-12,15,18,21-23H,4-6,8,10,13-14,16-17H2,1-3H3,(H,33,41)(H,34,42)(H,35,37)(H,39,40)/t18-,21-,22+,23+,30-/m1/s1. The van der Waals surface area contributed by atoms with Crippen molar-refractivity contribution in [3.63, 3.8) is 0 Å². The molecule has 0 spiro atoms. The van der Waals surface area contributed by atoms with Crippen LogP contribution in [0.5, 0.6) is 0 Å². The lowest BCUT2D eigenvalue weighted by atomic mass is 10.0. The van der Waals surface area contributed by atoms with Crippen LogP contribution in [0.4, 0.5) is 14.0 Å². The third-order valence-electron chi connectivity index (χ3n) is 7.79. The first-order chi connectivity index (χ1) is 20.8. The van der Waals surface area contributed by atoms with Gasteiger partial charge in [0.15, 0.2) is 0 Å². The zero-order chi connectivity index (χ0) is 32.1. The first kappa shape index (κ1) is 32.7. The van der Waals surface area contributed by atoms with Crippen LogP contribution in [-0.4, -0.2) is 80.8 Å². The van der Waals surface area contributed by atoms with Gasteiger partial charge >= 0.3 is 18.2 Å². The summed E-state index contributed by atoms with van der Waals surface area (Å²) in [5, 5.41) is 17.8. The number of carboxylic acid groups (broad SMARTS) is 1. The lowest BCUT2D eigenvalue weighted by Gasteiger charge is -2.30. The molecule has 0 unspecified atom stereocenters. The molecular weight excluding hydrogens is 577 g/mol. The van der Waals surface area contributed by atoms with Crippen molar-refractivity contribution < 1.29 is 42.9 Å². The highest BCUT2D eigenvalue weighted by Crippen LogP contribution is 2.45. The van der Waals surface area contributed by atoms with Crippen LogP contribution in [-0.2, 0) is 30.4 Å². The monoisotopic (exact) mass is 617 g/mol. The number of allylic oxidation sites excluding steroid dienone is 1. The molecule has 3 aliphatic rings. The maximum Gasteiger partial charge on any atom is 0.408 e. The summed E-state index contributed by atoms with van der Waals surface area (Å²) in [5.41, 5.74) is -1.91. The summed E-state index contributed by atoms with van der Waals surface area (Å²) in [6.07, 6.45) is 5.49. The predicted molar refractivity (Wildman–Crippen MR) is 153 cm³/mol. The second kappa shape index (κ2) is 13.6. The number of aliphatic carboxylic acids is 1. The zero-order valence-corrected chi connectivity index (χ0v) is 25.1. The average molecular weight is 618 g/mol. The number of aromatic nitrogens is 1. The molecule has 1 aromatic heterocycles. The fraction of sp³-hybridized carbons (Fsp3) is 0.600. The first-order valence-electron chi connectivity index (χ1n) is 14.8. The lowest BCUT2D eigenvalue weighted by Crippen LogP contribution is -2.56. The second-order valence-electron chi connectivity index (χ2n) is 12.4. The largest absolute Gasteiger partial charge is 0.479 e. The van der Waals surface area contributed by atoms with Crippen LogP contribution in [0.2, 0.25) is 0 Å². The molecular formula is C30H40FN5O8. The number of nitrogens with one attached hydrogen (secondary N) is 3. The van der Waals surface area contributed by atoms with E-state index in [-0.39, 0.29) is 38.3 Å². The van der Waals surface area contributed by atoms with E-state index < -0.39 is 65.1 Å². The van der Waals surface area contributed by atoms with Crippen molar-refractivity contribution in [3.8, 4) is 0 Å². The molecule has 4 rings (SSSR count). The molecule has 1 aliphatic carbocycles. The molecule has 44 heavy (non-hydrogen) atoms. The van der Waals surface area contributed by atoms with E-state index in [9.17, 15) is 33.5 Å². The maximum atomic E-state index is 13.9. The molecule has 14 heteroatoms. The molecule has 2 fully saturated rings. The number of carboxylic acids is 1. The van der Waals surface area contributed by atoms with E-state index in [0.717, 1.165) is 19.0 Å². The summed E-state index contributed by atoms with van der Waals surface area (Å²) in [6.45, 7) is 4.89. The Balaban J connectivity index is 1.53. The van der Waals surface area contributed by atoms with Crippen molar-refractivity contribution in [1.82, 2.24) is 25.8 Å². The van der Waals surface area contributed by atoms with E-state index in [1.807, 2.05) is 12.2 Å². The Morgan fingerprint density at radius 1 is 1.18 bits per heavy atom. The van der Waals surface area contributed by atoms with Gasteiger partial charge in [0.05, 0.1) is 25.0 Å². The van der Waals surface area contributed by atoms with Crippen LogP contribution >= 0.6 is 0 Å². The van der Waals surface area contributed by atoms with Gasteiger partial charge in [-0.15, -0.1) is 0 Å². The number of nitrogens with zero attached hydrogens (tertiary/aromatic N) is 2. The van der Waals surface area contributed by atoms with Gasteiger partial charge in [-0.25, -0.2) is 18.8 Å². The third-order valence-corrected chi connectivity index (χ3v) is 7.79. The highest BCUT2D eigenvalue weighted by Gasteiger charge is 2.61. The molecule has 13 nitrogen and oxygen atoms in total. The topological polar surface area (TPSA) is 176 Å². The Morgan fingerprint density at radius 2 is 1.95 bits per heavy atom. The van der Waals surface area contributed by atoms with E-state index in [4.69, 9.17) is 9.47 Å². The molecule has 1 saturated heterocycles. The summed E-state index contributed by atoms with van der Waals surface area (Å²) in [4.78, 5) is 70.2. The number of ether oxygens (including phenoxy) is 2. The number of hydrogen-bond donors (Lipinski definition) is 4. The highest BCUT2D eigenvalue weighted by molar-refractivity contribution is 5.96. The number of alkyl carbamates (subject to hydrolysis) is 2. The SMILES string of the molecule is CC(C)(C)OC(=O)N[C@H]1CCCCCC=C[C@@H]2C[C@@]2(C(=O)O)NC(=O)[C@@H]2C[C@@H](OC(=O)NCc3ccc(F)cn3)CN2C1=O. The van der Waals surface area contributed by atoms with E-state index in [1.54, 1.807) is 20.8 Å². The summed E-state index contributed by atoms with van der Waals surface area (Å²) < 4.78 is 24.0. The van der Waals surface area contributed by atoms with Crippen molar-refractivity contribution >= 4 is 30.0 Å². The number of amides is 4. The maximum absolute atomic E-state index is 13.9. The Hall–Kier alpha value is -4.23. The van der Waals surface area contributed by atoms with Gasteiger partial charge in [0.1, 0.15) is 35.1 Å². The molecule has 4 amide bonds. The third kappa shape index (κ3) is 8.44. The van der Waals surface area contributed by atoms with Crippen molar-refractivity contribution in [1.29, 1.82) is 0 Å². The normalized spacial score (nSPS) is 27.5. The Bertz CT molecular complexity index is 1280. The highest BCUT2D eigenvalue weighted by atomic mass is 19.1. The minimum Gasteiger partial charge on any atom is -0.479 e. The summed E-state index contributed by atoms with van der Waals surface area (Å²) in [5.74, 6) is -3.34. The molecule has 240 valence electrons. The molecule has 2 aliphatic heterocycles. The fourth-order valence-electron chi connectivity index (χ4n) is 5.46. The van der Waals surface area contributed by atoms with Crippen LogP contribution in [0.1, 0.15) is 71.4 Å². The van der Waals surface area contributed by atoms with Gasteiger partial charge in [0.2, 0.25) is 11.8 Å². The van der Waals surface area contributed by atoms with Gasteiger partial charge in [0.25, 0.3) is 0 Å². The predicted octanol–water partition coefficient (Wildman–Crippen LogP) is 2.79. The van der Waals surface area contributed by atoms with Gasteiger partial charge in [-0.3, -0.25) is 14.6 Å². The Kier molecular flexibility index (Phi) is 10.1. The fourth-order valence-corrected chi connectivity index (χ4v) is 5.46. The average Bonchev–Trinajstić information content (AvgIpc) is 3.48. The van der Waals surface area contributed by atoms with E-state index >= 15 is 0 Å². The lowest BCUT2D eigenvalue weighted by molar-refractivity contribution is -0.145. The van der Waals surface area contributed by atoms with Gasteiger partial charge in [-0.2, -0.15) is 0 Å². The van der Waals surface area contributed by atoms with Crippen molar-refractivity contribution in [3.05, 3.63) is 42.0 Å².